The van der Waals surface area contributed by atoms with E-state index in [0.29, 0.717) is 5.75 Å². The van der Waals surface area contributed by atoms with Crippen molar-refractivity contribution < 1.29 is 13.5 Å². The number of halogens is 3. The van der Waals surface area contributed by atoms with Gasteiger partial charge in [0.05, 0.1) is 12.4 Å². The van der Waals surface area contributed by atoms with Crippen molar-refractivity contribution >= 4 is 15.9 Å². The second-order valence-electron chi connectivity index (χ2n) is 2.57. The normalized spacial score (nSPS) is 11.4. The van der Waals surface area contributed by atoms with Gasteiger partial charge in [0, 0.05) is 5.56 Å². The zero-order valence-electron chi connectivity index (χ0n) is 7.06. The van der Waals surface area contributed by atoms with Gasteiger partial charge >= 0.3 is 0 Å². The van der Waals surface area contributed by atoms with Gasteiger partial charge in [0.25, 0.3) is 5.92 Å². The summed E-state index contributed by atoms with van der Waals surface area (Å²) in [5, 5.41) is -0.369. The van der Waals surface area contributed by atoms with Crippen LogP contribution in [0.2, 0.25) is 0 Å². The van der Waals surface area contributed by atoms with Crippen LogP contribution in [0.5, 0.6) is 5.75 Å². The summed E-state index contributed by atoms with van der Waals surface area (Å²) >= 11 is 2.76. The molecule has 0 N–H and O–H groups in total. The van der Waals surface area contributed by atoms with Gasteiger partial charge in [-0.1, -0.05) is 15.9 Å². The van der Waals surface area contributed by atoms with Crippen LogP contribution in [0.3, 0.4) is 0 Å². The summed E-state index contributed by atoms with van der Waals surface area (Å²) in [6, 6.07) is 5.76. The molecule has 0 unspecified atom stereocenters. The Morgan fingerprint density at radius 2 is 1.85 bits per heavy atom. The number of ether oxygens (including phenoxy) is 1. The Labute approximate surface area is 83.8 Å². The van der Waals surface area contributed by atoms with Crippen LogP contribution in [0.15, 0.2) is 24.3 Å². The fourth-order valence-electron chi connectivity index (χ4n) is 0.912. The first-order valence-electron chi connectivity index (χ1n) is 3.68. The van der Waals surface area contributed by atoms with E-state index in [9.17, 15) is 8.78 Å². The second kappa shape index (κ2) is 4.05. The van der Waals surface area contributed by atoms with E-state index in [1.807, 2.05) is 0 Å². The largest absolute Gasteiger partial charge is 0.497 e. The molecule has 1 nitrogen and oxygen atoms in total. The highest BCUT2D eigenvalue weighted by Gasteiger charge is 2.29. The van der Waals surface area contributed by atoms with Gasteiger partial charge in [-0.25, -0.2) is 8.78 Å². The minimum Gasteiger partial charge on any atom is -0.497 e. The number of hydrogen-bond donors (Lipinski definition) is 0. The average molecular weight is 251 g/mol. The molecule has 1 aromatic carbocycles. The van der Waals surface area contributed by atoms with Crippen LogP contribution < -0.4 is 4.74 Å². The standard InChI is InChI=1S/C9H9BrF2O/c1-13-8-4-2-7(3-5-8)9(11,12)6-10/h2-5H,6H2,1H3. The molecule has 0 amide bonds. The molecule has 0 bridgehead atoms. The van der Waals surface area contributed by atoms with Gasteiger partial charge in [-0.2, -0.15) is 0 Å². The smallest absolute Gasteiger partial charge is 0.282 e. The van der Waals surface area contributed by atoms with E-state index in [1.165, 1.54) is 31.4 Å². The van der Waals surface area contributed by atoms with E-state index in [2.05, 4.69) is 15.9 Å². The summed E-state index contributed by atoms with van der Waals surface area (Å²) in [6.45, 7) is 0. The van der Waals surface area contributed by atoms with E-state index in [-0.39, 0.29) is 10.9 Å². The van der Waals surface area contributed by atoms with Crippen LogP contribution in [-0.2, 0) is 5.92 Å². The quantitative estimate of drug-likeness (QED) is 0.749. The first-order chi connectivity index (χ1) is 6.10. The number of benzene rings is 1. The topological polar surface area (TPSA) is 9.23 Å². The van der Waals surface area contributed by atoms with Crippen molar-refractivity contribution in [3.05, 3.63) is 29.8 Å². The van der Waals surface area contributed by atoms with Crippen LogP contribution in [0.25, 0.3) is 0 Å². The lowest BCUT2D eigenvalue weighted by molar-refractivity contribution is 0.0245. The van der Waals surface area contributed by atoms with E-state index in [4.69, 9.17) is 4.74 Å². The van der Waals surface area contributed by atoms with Gasteiger partial charge in [0.1, 0.15) is 5.75 Å². The molecule has 0 fully saturated rings. The van der Waals surface area contributed by atoms with Gasteiger partial charge in [0.15, 0.2) is 0 Å². The fourth-order valence-corrected chi connectivity index (χ4v) is 1.24. The maximum atomic E-state index is 13.0. The molecule has 0 heterocycles. The lowest BCUT2D eigenvalue weighted by Gasteiger charge is -2.13. The predicted molar refractivity (Wildman–Crippen MR) is 50.7 cm³/mol. The van der Waals surface area contributed by atoms with Crippen molar-refractivity contribution in [1.82, 2.24) is 0 Å². The molecular formula is C9H9BrF2O. The maximum absolute atomic E-state index is 13.0. The van der Waals surface area contributed by atoms with Gasteiger partial charge in [-0.15, -0.1) is 0 Å². The van der Waals surface area contributed by atoms with E-state index in [0.717, 1.165) is 0 Å². The number of alkyl halides is 3. The molecule has 0 spiro atoms. The van der Waals surface area contributed by atoms with Crippen LogP contribution in [0, 0.1) is 0 Å². The van der Waals surface area contributed by atoms with Crippen molar-refractivity contribution in [2.24, 2.45) is 0 Å². The zero-order chi connectivity index (χ0) is 9.90. The highest BCUT2D eigenvalue weighted by atomic mass is 79.9. The Morgan fingerprint density at radius 3 is 2.23 bits per heavy atom. The van der Waals surface area contributed by atoms with E-state index < -0.39 is 5.92 Å². The van der Waals surface area contributed by atoms with E-state index in [1.54, 1.807) is 0 Å². The average Bonchev–Trinajstić information content (AvgIpc) is 2.18. The summed E-state index contributed by atoms with van der Waals surface area (Å²) in [4.78, 5) is 0. The number of hydrogen-bond acceptors (Lipinski definition) is 1. The fraction of sp³-hybridized carbons (Fsp3) is 0.333. The van der Waals surface area contributed by atoms with Crippen LogP contribution in [-0.4, -0.2) is 12.4 Å². The van der Waals surface area contributed by atoms with Crippen molar-refractivity contribution in [3.8, 4) is 5.75 Å². The van der Waals surface area contributed by atoms with Crippen molar-refractivity contribution in [1.29, 1.82) is 0 Å². The molecule has 0 aliphatic carbocycles. The summed E-state index contributed by atoms with van der Waals surface area (Å²) in [7, 11) is 1.50. The lowest BCUT2D eigenvalue weighted by Crippen LogP contribution is -2.14. The Kier molecular flexibility index (Phi) is 3.25. The summed E-state index contributed by atoms with van der Waals surface area (Å²) in [6.07, 6.45) is 0. The molecule has 0 aromatic heterocycles. The zero-order valence-corrected chi connectivity index (χ0v) is 8.64. The molecule has 13 heavy (non-hydrogen) atoms. The molecule has 0 saturated heterocycles. The summed E-state index contributed by atoms with van der Waals surface area (Å²) < 4.78 is 30.9. The third-order valence-corrected chi connectivity index (χ3v) is 2.38. The molecule has 0 atom stereocenters. The maximum Gasteiger partial charge on any atom is 0.282 e. The molecule has 4 heteroatoms. The lowest BCUT2D eigenvalue weighted by atomic mass is 10.1. The Bertz CT molecular complexity index is 271. The Hall–Kier alpha value is -0.640. The first-order valence-corrected chi connectivity index (χ1v) is 4.80. The van der Waals surface area contributed by atoms with Gasteiger partial charge in [0.2, 0.25) is 0 Å². The second-order valence-corrected chi connectivity index (χ2v) is 3.13. The van der Waals surface area contributed by atoms with Crippen LogP contribution in [0.4, 0.5) is 8.78 Å². The van der Waals surface area contributed by atoms with Crippen LogP contribution >= 0.6 is 15.9 Å². The molecule has 0 aliphatic rings. The molecule has 1 rings (SSSR count). The SMILES string of the molecule is COc1ccc(C(F)(F)CBr)cc1. The van der Waals surface area contributed by atoms with Crippen molar-refractivity contribution in [2.45, 2.75) is 5.92 Å². The minimum absolute atomic E-state index is 0.00910. The Morgan fingerprint density at radius 1 is 1.31 bits per heavy atom. The van der Waals surface area contributed by atoms with Crippen molar-refractivity contribution in [3.63, 3.8) is 0 Å². The molecular weight excluding hydrogens is 242 g/mol. The van der Waals surface area contributed by atoms with Gasteiger partial charge < -0.3 is 4.74 Å². The van der Waals surface area contributed by atoms with Gasteiger partial charge in [-0.3, -0.25) is 0 Å². The number of methoxy groups -OCH3 is 1. The monoisotopic (exact) mass is 250 g/mol. The molecule has 72 valence electrons. The molecule has 0 radical (unpaired) electrons. The van der Waals surface area contributed by atoms with Crippen LogP contribution in [0.1, 0.15) is 5.56 Å². The molecule has 1 aromatic rings. The molecule has 0 aliphatic heterocycles. The molecule has 0 saturated carbocycles. The minimum atomic E-state index is -2.81. The highest BCUT2D eigenvalue weighted by molar-refractivity contribution is 9.09. The third-order valence-electron chi connectivity index (χ3n) is 1.68. The third kappa shape index (κ3) is 2.40. The highest BCUT2D eigenvalue weighted by Crippen LogP contribution is 2.30. The van der Waals surface area contributed by atoms with Crippen molar-refractivity contribution in [2.75, 3.05) is 12.4 Å². The predicted octanol–water partition coefficient (Wildman–Crippen LogP) is 3.18. The first kappa shape index (κ1) is 10.4. The van der Waals surface area contributed by atoms with E-state index >= 15 is 0 Å². The summed E-state index contributed by atoms with van der Waals surface area (Å²) in [5.41, 5.74) is -0.00910. The number of rotatable bonds is 3. The van der Waals surface area contributed by atoms with Gasteiger partial charge in [-0.05, 0) is 24.3 Å². The summed E-state index contributed by atoms with van der Waals surface area (Å²) in [5.74, 6) is -2.24. The Balaban J connectivity index is 2.92.